The van der Waals surface area contributed by atoms with Gasteiger partial charge in [-0.2, -0.15) is 5.10 Å². The predicted octanol–water partition coefficient (Wildman–Crippen LogP) is 2.24. The number of halogens is 2. The second-order valence-corrected chi connectivity index (χ2v) is 4.33. The van der Waals surface area contributed by atoms with E-state index in [2.05, 4.69) is 31.4 Å². The second-order valence-electron chi connectivity index (χ2n) is 3.41. The first-order chi connectivity index (χ1) is 8.16. The summed E-state index contributed by atoms with van der Waals surface area (Å²) in [6.45, 7) is 0.307. The molecule has 4 nitrogen and oxygen atoms in total. The van der Waals surface area contributed by atoms with E-state index >= 15 is 0 Å². The Labute approximate surface area is 105 Å². The van der Waals surface area contributed by atoms with Crippen molar-refractivity contribution in [3.05, 3.63) is 52.0 Å². The topological polar surface area (TPSA) is 57.8 Å². The number of nitrogens with zero attached hydrogens (tertiary/aromatic N) is 1. The highest BCUT2D eigenvalue weighted by Crippen LogP contribution is 2.15. The zero-order chi connectivity index (χ0) is 12.3. The molecule has 17 heavy (non-hydrogen) atoms. The van der Waals surface area contributed by atoms with Crippen LogP contribution in [0.5, 0.6) is 0 Å². The molecular weight excluding hydrogens is 289 g/mol. The van der Waals surface area contributed by atoms with Gasteiger partial charge in [0.2, 0.25) is 0 Å². The van der Waals surface area contributed by atoms with Crippen molar-refractivity contribution in [1.29, 1.82) is 0 Å². The van der Waals surface area contributed by atoms with E-state index in [1.807, 2.05) is 0 Å². The summed E-state index contributed by atoms with van der Waals surface area (Å²) in [4.78, 5) is 11.7. The maximum atomic E-state index is 13.4. The van der Waals surface area contributed by atoms with E-state index in [9.17, 15) is 9.18 Å². The number of H-pyrrole nitrogens is 1. The molecule has 0 aliphatic heterocycles. The lowest BCUT2D eigenvalue weighted by Gasteiger charge is -2.05. The molecule has 0 aliphatic rings. The van der Waals surface area contributed by atoms with Gasteiger partial charge in [-0.05, 0) is 18.2 Å². The van der Waals surface area contributed by atoms with Crippen molar-refractivity contribution in [2.24, 2.45) is 0 Å². The lowest BCUT2D eigenvalue weighted by Crippen LogP contribution is -2.23. The lowest BCUT2D eigenvalue weighted by molar-refractivity contribution is 0.0947. The van der Waals surface area contributed by atoms with Gasteiger partial charge in [-0.15, -0.1) is 0 Å². The van der Waals surface area contributed by atoms with Crippen LogP contribution in [-0.2, 0) is 6.54 Å². The maximum Gasteiger partial charge on any atom is 0.254 e. The third-order valence-electron chi connectivity index (χ3n) is 2.18. The van der Waals surface area contributed by atoms with Crippen LogP contribution in [0.2, 0.25) is 0 Å². The number of nitrogens with one attached hydrogen (secondary N) is 2. The Morgan fingerprint density at radius 1 is 1.53 bits per heavy atom. The van der Waals surface area contributed by atoms with Gasteiger partial charge in [-0.25, -0.2) is 4.39 Å². The van der Waals surface area contributed by atoms with Crippen molar-refractivity contribution in [3.8, 4) is 0 Å². The van der Waals surface area contributed by atoms with Crippen LogP contribution in [0.1, 0.15) is 15.9 Å². The van der Waals surface area contributed by atoms with Crippen LogP contribution in [0.15, 0.2) is 35.1 Å². The van der Waals surface area contributed by atoms with E-state index in [-0.39, 0.29) is 5.56 Å². The first kappa shape index (κ1) is 11.8. The SMILES string of the molecule is O=C(NCc1cn[nH]c1)c1cc(Br)ccc1F. The minimum absolute atomic E-state index is 0.0165. The highest BCUT2D eigenvalue weighted by Gasteiger charge is 2.11. The van der Waals surface area contributed by atoms with Crippen LogP contribution in [0.3, 0.4) is 0 Å². The molecule has 1 heterocycles. The summed E-state index contributed by atoms with van der Waals surface area (Å²) in [7, 11) is 0. The number of hydrogen-bond acceptors (Lipinski definition) is 2. The van der Waals surface area contributed by atoms with Crippen LogP contribution in [0.25, 0.3) is 0 Å². The summed E-state index contributed by atoms with van der Waals surface area (Å²) < 4.78 is 14.0. The molecule has 0 bridgehead atoms. The van der Waals surface area contributed by atoms with Gasteiger partial charge in [0, 0.05) is 22.8 Å². The van der Waals surface area contributed by atoms with E-state index < -0.39 is 11.7 Å². The Kier molecular flexibility index (Phi) is 3.53. The summed E-state index contributed by atoms with van der Waals surface area (Å²) >= 11 is 3.19. The molecule has 0 saturated carbocycles. The third-order valence-corrected chi connectivity index (χ3v) is 2.67. The van der Waals surface area contributed by atoms with E-state index in [0.717, 1.165) is 5.56 Å². The van der Waals surface area contributed by atoms with Crippen molar-refractivity contribution < 1.29 is 9.18 Å². The van der Waals surface area contributed by atoms with Crippen molar-refractivity contribution in [3.63, 3.8) is 0 Å². The zero-order valence-electron chi connectivity index (χ0n) is 8.71. The first-order valence-corrected chi connectivity index (χ1v) is 5.67. The molecule has 1 aromatic heterocycles. The molecule has 0 atom stereocenters. The average Bonchev–Trinajstić information content (AvgIpc) is 2.82. The molecule has 1 amide bonds. The van der Waals surface area contributed by atoms with Crippen molar-refractivity contribution in [1.82, 2.24) is 15.5 Å². The fourth-order valence-electron chi connectivity index (χ4n) is 1.32. The van der Waals surface area contributed by atoms with Gasteiger partial charge in [0.25, 0.3) is 5.91 Å². The number of hydrogen-bond donors (Lipinski definition) is 2. The second kappa shape index (κ2) is 5.09. The number of rotatable bonds is 3. The van der Waals surface area contributed by atoms with Crippen molar-refractivity contribution in [2.45, 2.75) is 6.54 Å². The smallest absolute Gasteiger partial charge is 0.254 e. The van der Waals surface area contributed by atoms with Gasteiger partial charge in [0.15, 0.2) is 0 Å². The number of aromatic nitrogens is 2. The van der Waals surface area contributed by atoms with E-state index in [1.165, 1.54) is 12.1 Å². The first-order valence-electron chi connectivity index (χ1n) is 4.88. The maximum absolute atomic E-state index is 13.4. The highest BCUT2D eigenvalue weighted by atomic mass is 79.9. The standard InChI is InChI=1S/C11H9BrFN3O/c12-8-1-2-10(13)9(3-8)11(17)14-4-7-5-15-16-6-7/h1-3,5-6H,4H2,(H,14,17)(H,15,16). The molecule has 6 heteroatoms. The van der Waals surface area contributed by atoms with Gasteiger partial charge in [-0.3, -0.25) is 9.89 Å². The van der Waals surface area contributed by atoms with Gasteiger partial charge in [-0.1, -0.05) is 15.9 Å². The van der Waals surface area contributed by atoms with Gasteiger partial charge in [0.1, 0.15) is 5.82 Å². The van der Waals surface area contributed by atoms with E-state index in [1.54, 1.807) is 18.5 Å². The minimum atomic E-state index is -0.544. The van der Waals surface area contributed by atoms with Crippen molar-refractivity contribution >= 4 is 21.8 Å². The molecule has 0 saturated heterocycles. The number of carbonyl (C=O) groups is 1. The number of amides is 1. The normalized spacial score (nSPS) is 10.2. The molecule has 2 N–H and O–H groups in total. The average molecular weight is 298 g/mol. The highest BCUT2D eigenvalue weighted by molar-refractivity contribution is 9.10. The summed E-state index contributed by atoms with van der Waals surface area (Å²) in [5, 5.41) is 8.99. The Balaban J connectivity index is 2.07. The largest absolute Gasteiger partial charge is 0.348 e. The number of carbonyl (C=O) groups excluding carboxylic acids is 1. The number of benzene rings is 1. The molecule has 0 fully saturated rings. The Hall–Kier alpha value is -1.69. The number of aromatic amines is 1. The summed E-state index contributed by atoms with van der Waals surface area (Å²) in [6.07, 6.45) is 3.26. The van der Waals surface area contributed by atoms with Crippen LogP contribution in [0, 0.1) is 5.82 Å². The van der Waals surface area contributed by atoms with Crippen LogP contribution in [-0.4, -0.2) is 16.1 Å². The lowest BCUT2D eigenvalue weighted by atomic mass is 10.2. The quantitative estimate of drug-likeness (QED) is 0.913. The molecule has 0 spiro atoms. The van der Waals surface area contributed by atoms with Crippen LogP contribution >= 0.6 is 15.9 Å². The molecule has 2 rings (SSSR count). The molecular formula is C11H9BrFN3O. The van der Waals surface area contributed by atoms with Crippen molar-refractivity contribution in [2.75, 3.05) is 0 Å². The summed E-state index contributed by atoms with van der Waals surface area (Å²) in [5.74, 6) is -0.997. The van der Waals surface area contributed by atoms with Gasteiger partial charge in [0.05, 0.1) is 11.8 Å². The molecule has 0 unspecified atom stereocenters. The molecule has 0 aliphatic carbocycles. The molecule has 0 radical (unpaired) electrons. The fraction of sp³-hybridized carbons (Fsp3) is 0.0909. The minimum Gasteiger partial charge on any atom is -0.348 e. The third kappa shape index (κ3) is 2.91. The molecule has 88 valence electrons. The fourth-order valence-corrected chi connectivity index (χ4v) is 1.68. The monoisotopic (exact) mass is 297 g/mol. The van der Waals surface area contributed by atoms with Gasteiger partial charge < -0.3 is 5.32 Å². The summed E-state index contributed by atoms with van der Waals surface area (Å²) in [6, 6.07) is 4.24. The Morgan fingerprint density at radius 3 is 3.06 bits per heavy atom. The molecule has 1 aromatic carbocycles. The van der Waals surface area contributed by atoms with Crippen LogP contribution in [0.4, 0.5) is 4.39 Å². The Morgan fingerprint density at radius 2 is 2.35 bits per heavy atom. The zero-order valence-corrected chi connectivity index (χ0v) is 10.3. The van der Waals surface area contributed by atoms with E-state index in [0.29, 0.717) is 11.0 Å². The molecule has 2 aromatic rings. The van der Waals surface area contributed by atoms with Gasteiger partial charge >= 0.3 is 0 Å². The van der Waals surface area contributed by atoms with Crippen LogP contribution < -0.4 is 5.32 Å². The van der Waals surface area contributed by atoms with E-state index in [4.69, 9.17) is 0 Å². The predicted molar refractivity (Wildman–Crippen MR) is 63.9 cm³/mol. The summed E-state index contributed by atoms with van der Waals surface area (Å²) in [5.41, 5.74) is 0.844. The Bertz CT molecular complexity index is 528.